The molecule has 2 N–H and O–H groups in total. The average molecular weight is 515 g/mol. The molecule has 2 aliphatic rings. The summed E-state index contributed by atoms with van der Waals surface area (Å²) in [5.74, 6) is 1.04. The van der Waals surface area contributed by atoms with Crippen molar-refractivity contribution in [3.63, 3.8) is 0 Å². The van der Waals surface area contributed by atoms with Crippen LogP contribution in [0.15, 0.2) is 102 Å². The van der Waals surface area contributed by atoms with E-state index in [0.29, 0.717) is 29.2 Å². The summed E-state index contributed by atoms with van der Waals surface area (Å²) in [5, 5.41) is 2.90. The van der Waals surface area contributed by atoms with Gasteiger partial charge in [0.2, 0.25) is 0 Å². The molecule has 1 saturated carbocycles. The number of H-pyrrole nitrogens is 1. The zero-order chi connectivity index (χ0) is 27.1. The number of anilines is 1. The van der Waals surface area contributed by atoms with Gasteiger partial charge in [-0.1, -0.05) is 49.9 Å². The molecular formula is C33H30N4O2. The van der Waals surface area contributed by atoms with Gasteiger partial charge in [-0.2, -0.15) is 0 Å². The Morgan fingerprint density at radius 1 is 1.13 bits per heavy atom. The number of fused-ring (bicyclic) bond motifs is 2. The standard InChI is InChI=1S/C33H30N4O2/c1-20-13-25-15-26(25)18-33(3,17-20)30(38)21(2)14-22-6-8-23(9-7-22)31-36-28-11-10-27(16-29(28)37-31)35-32(39)24-5-4-12-34-19-24/h4-13,16,18-20H,2,14-15,17H2,1,3H3,(H,35,39)(H,36,37). The van der Waals surface area contributed by atoms with Gasteiger partial charge in [-0.25, -0.2) is 4.98 Å². The van der Waals surface area contributed by atoms with Crippen LogP contribution in [0, 0.1) is 11.3 Å². The molecule has 39 heavy (non-hydrogen) atoms. The van der Waals surface area contributed by atoms with E-state index in [9.17, 15) is 9.59 Å². The molecule has 194 valence electrons. The number of pyridine rings is 1. The number of hydrogen-bond acceptors (Lipinski definition) is 4. The van der Waals surface area contributed by atoms with Crippen LogP contribution in [0.1, 0.15) is 42.6 Å². The van der Waals surface area contributed by atoms with Crippen LogP contribution in [0.25, 0.3) is 22.4 Å². The van der Waals surface area contributed by atoms with E-state index >= 15 is 0 Å². The van der Waals surface area contributed by atoms with Gasteiger partial charge in [0.25, 0.3) is 5.91 Å². The fraction of sp³-hybridized carbons (Fsp3) is 0.212. The summed E-state index contributed by atoms with van der Waals surface area (Å²) in [6.07, 6.45) is 10.0. The smallest absolute Gasteiger partial charge is 0.257 e. The summed E-state index contributed by atoms with van der Waals surface area (Å²) < 4.78 is 0. The number of nitrogens with one attached hydrogen (secondary N) is 2. The lowest BCUT2D eigenvalue weighted by Crippen LogP contribution is -2.29. The molecule has 4 aromatic rings. The zero-order valence-electron chi connectivity index (χ0n) is 22.1. The first-order valence-corrected chi connectivity index (χ1v) is 13.2. The van der Waals surface area contributed by atoms with Gasteiger partial charge in [0.05, 0.1) is 16.6 Å². The molecule has 6 nitrogen and oxygen atoms in total. The Bertz CT molecular complexity index is 1680. The third-order valence-corrected chi connectivity index (χ3v) is 7.54. The molecule has 1 fully saturated rings. The number of hydrogen-bond donors (Lipinski definition) is 2. The zero-order valence-corrected chi connectivity index (χ0v) is 22.1. The van der Waals surface area contributed by atoms with E-state index in [4.69, 9.17) is 4.98 Å². The van der Waals surface area contributed by atoms with Crippen LogP contribution in [0.3, 0.4) is 0 Å². The quantitative estimate of drug-likeness (QED) is 0.264. The van der Waals surface area contributed by atoms with Crippen LogP contribution in [-0.4, -0.2) is 26.6 Å². The van der Waals surface area contributed by atoms with Gasteiger partial charge < -0.3 is 10.3 Å². The Hall–Kier alpha value is -4.58. The van der Waals surface area contributed by atoms with Crippen molar-refractivity contribution >= 4 is 28.4 Å². The number of carbonyl (C=O) groups excluding carboxylic acids is 2. The number of benzene rings is 2. The molecule has 2 atom stereocenters. The average Bonchev–Trinajstić information content (AvgIpc) is 3.51. The van der Waals surface area contributed by atoms with Crippen LogP contribution in [0.4, 0.5) is 5.69 Å². The van der Waals surface area contributed by atoms with Crippen LogP contribution >= 0.6 is 0 Å². The number of allylic oxidation sites excluding steroid dienone is 5. The van der Waals surface area contributed by atoms with Gasteiger partial charge in [-0.3, -0.25) is 14.6 Å². The lowest BCUT2D eigenvalue weighted by molar-refractivity contribution is -0.122. The second-order valence-electron chi connectivity index (χ2n) is 11.0. The Morgan fingerprint density at radius 3 is 2.72 bits per heavy atom. The molecule has 0 aliphatic heterocycles. The first kappa shape index (κ1) is 24.7. The van der Waals surface area contributed by atoms with E-state index in [1.165, 1.54) is 17.3 Å². The summed E-state index contributed by atoms with van der Waals surface area (Å²) in [6, 6.07) is 17.1. The van der Waals surface area contributed by atoms with Crippen molar-refractivity contribution in [3.05, 3.63) is 114 Å². The van der Waals surface area contributed by atoms with Crippen LogP contribution < -0.4 is 5.32 Å². The van der Waals surface area contributed by atoms with Crippen molar-refractivity contribution < 1.29 is 9.59 Å². The van der Waals surface area contributed by atoms with E-state index in [0.717, 1.165) is 40.8 Å². The minimum atomic E-state index is -0.495. The molecule has 6 rings (SSSR count). The largest absolute Gasteiger partial charge is 0.338 e. The van der Waals surface area contributed by atoms with Crippen molar-refractivity contribution in [2.24, 2.45) is 11.3 Å². The van der Waals surface area contributed by atoms with Gasteiger partial charge in [0.15, 0.2) is 5.78 Å². The van der Waals surface area contributed by atoms with Gasteiger partial charge >= 0.3 is 0 Å². The van der Waals surface area contributed by atoms with Crippen molar-refractivity contribution in [1.29, 1.82) is 0 Å². The minimum Gasteiger partial charge on any atom is -0.338 e. The second kappa shape index (κ2) is 9.62. The third-order valence-electron chi connectivity index (χ3n) is 7.54. The van der Waals surface area contributed by atoms with E-state index in [2.05, 4.69) is 47.9 Å². The molecule has 2 aromatic carbocycles. The third kappa shape index (κ3) is 5.10. The highest BCUT2D eigenvalue weighted by Gasteiger charge is 2.39. The summed E-state index contributed by atoms with van der Waals surface area (Å²) in [5.41, 5.74) is 7.64. The van der Waals surface area contributed by atoms with Crippen molar-refractivity contribution in [3.8, 4) is 11.4 Å². The Morgan fingerprint density at radius 2 is 1.95 bits per heavy atom. The number of rotatable bonds is 7. The molecule has 2 heterocycles. The Kier molecular flexibility index (Phi) is 6.10. The number of imidazole rings is 1. The molecular weight excluding hydrogens is 484 g/mol. The first-order chi connectivity index (χ1) is 18.8. The van der Waals surface area contributed by atoms with E-state index in [1.54, 1.807) is 18.3 Å². The normalized spacial score (nSPS) is 19.9. The molecule has 1 amide bonds. The number of nitrogens with zero attached hydrogens (tertiary/aromatic N) is 2. The lowest BCUT2D eigenvalue weighted by atomic mass is 9.75. The lowest BCUT2D eigenvalue weighted by Gasteiger charge is -2.27. The highest BCUT2D eigenvalue weighted by molar-refractivity contribution is 6.05. The van der Waals surface area contributed by atoms with Crippen LogP contribution in [0.2, 0.25) is 0 Å². The molecule has 0 radical (unpaired) electrons. The highest BCUT2D eigenvalue weighted by atomic mass is 16.1. The molecule has 2 aliphatic carbocycles. The monoisotopic (exact) mass is 514 g/mol. The minimum absolute atomic E-state index is 0.135. The Labute approximate surface area is 227 Å². The Balaban J connectivity index is 1.14. The topological polar surface area (TPSA) is 87.7 Å². The van der Waals surface area contributed by atoms with E-state index < -0.39 is 5.41 Å². The molecule has 0 saturated heterocycles. The summed E-state index contributed by atoms with van der Waals surface area (Å²) in [7, 11) is 0. The number of aromatic nitrogens is 3. The molecule has 0 spiro atoms. The van der Waals surface area contributed by atoms with Gasteiger partial charge in [0, 0.05) is 35.5 Å². The molecule has 6 heteroatoms. The van der Waals surface area contributed by atoms with Crippen molar-refractivity contribution in [2.75, 3.05) is 5.32 Å². The summed E-state index contributed by atoms with van der Waals surface area (Å²) >= 11 is 0. The maximum atomic E-state index is 13.4. The van der Waals surface area contributed by atoms with E-state index in [1.807, 2.05) is 42.5 Å². The fourth-order valence-electron chi connectivity index (χ4n) is 5.58. The predicted molar refractivity (Wildman–Crippen MR) is 154 cm³/mol. The predicted octanol–water partition coefficient (Wildman–Crippen LogP) is 6.85. The SMILES string of the molecule is C=C(Cc1ccc(-c2nc3ccc(NC(=O)c4cccnc4)cc3[nH]2)cc1)C(=O)C1(C)C=C2CC2=CC(C)C1. The number of Topliss-reactive ketones (excluding diaryl/α,β-unsaturated/α-hetero) is 1. The second-order valence-corrected chi connectivity index (χ2v) is 11.0. The number of aromatic amines is 1. The first-order valence-electron chi connectivity index (χ1n) is 13.2. The highest BCUT2D eigenvalue weighted by Crippen LogP contribution is 2.47. The van der Waals surface area contributed by atoms with Gasteiger partial charge in [-0.15, -0.1) is 0 Å². The van der Waals surface area contributed by atoms with Crippen molar-refractivity contribution in [1.82, 2.24) is 15.0 Å². The summed E-state index contributed by atoms with van der Waals surface area (Å²) in [4.78, 5) is 38.0. The summed E-state index contributed by atoms with van der Waals surface area (Å²) in [6.45, 7) is 8.42. The van der Waals surface area contributed by atoms with Crippen LogP contribution in [0.5, 0.6) is 0 Å². The van der Waals surface area contributed by atoms with Crippen LogP contribution in [-0.2, 0) is 11.2 Å². The number of amides is 1. The number of carbonyl (C=O) groups is 2. The van der Waals surface area contributed by atoms with Crippen molar-refractivity contribution in [2.45, 2.75) is 33.1 Å². The molecule has 2 aromatic heterocycles. The van der Waals surface area contributed by atoms with Gasteiger partial charge in [-0.05, 0) is 78.3 Å². The molecule has 2 unspecified atom stereocenters. The number of ketones is 1. The van der Waals surface area contributed by atoms with E-state index in [-0.39, 0.29) is 11.7 Å². The fourth-order valence-corrected chi connectivity index (χ4v) is 5.58. The van der Waals surface area contributed by atoms with Gasteiger partial charge in [0.1, 0.15) is 5.82 Å². The maximum absolute atomic E-state index is 13.4. The molecule has 0 bridgehead atoms. The maximum Gasteiger partial charge on any atom is 0.257 e.